The monoisotopic (exact) mass is 564 g/mol. The van der Waals surface area contributed by atoms with Gasteiger partial charge in [-0.3, -0.25) is 9.59 Å². The summed E-state index contributed by atoms with van der Waals surface area (Å²) >= 11 is 3.55. The highest BCUT2D eigenvalue weighted by molar-refractivity contribution is 9.10. The number of aromatic nitrogens is 1. The number of amides is 2. The van der Waals surface area contributed by atoms with Gasteiger partial charge in [0.2, 0.25) is 5.91 Å². The van der Waals surface area contributed by atoms with Crippen LogP contribution in [-0.2, 0) is 28.9 Å². The first-order chi connectivity index (χ1) is 18.1. The fraction of sp³-hybridized carbons (Fsp3) is 0.533. The molecular weight excluding hydrogens is 528 g/mol. The standard InChI is InChI=1S/C30H37BrN4O2/c31-20-10-12-27-24(17-20)25(30(37)33-27)18-28-23(22-8-2-1-3-9-26(22)32-28)11-13-29(36)35-16-6-7-21(35)19-34-14-4-5-15-34/h10,12,17-18,21,32H,1-9,11,13-16,19H2,(H,33,37)/t21-/m0/s1. The third kappa shape index (κ3) is 5.17. The number of rotatable bonds is 6. The van der Waals surface area contributed by atoms with Crippen molar-refractivity contribution in [1.82, 2.24) is 14.8 Å². The van der Waals surface area contributed by atoms with Crippen LogP contribution in [0.4, 0.5) is 5.69 Å². The highest BCUT2D eigenvalue weighted by Crippen LogP contribution is 2.37. The van der Waals surface area contributed by atoms with Crippen LogP contribution in [0.5, 0.6) is 0 Å². The molecule has 196 valence electrons. The van der Waals surface area contributed by atoms with Crippen molar-refractivity contribution >= 4 is 45.1 Å². The fourth-order valence-corrected chi connectivity index (χ4v) is 7.16. The number of carbonyl (C=O) groups excluding carboxylic acids is 2. The first kappa shape index (κ1) is 24.9. The maximum Gasteiger partial charge on any atom is 0.256 e. The van der Waals surface area contributed by atoms with E-state index in [0.29, 0.717) is 18.0 Å². The SMILES string of the molecule is O=C1Nc2ccc(Br)cc2C1=Cc1[nH]c2c(c1CCC(=O)N1CCC[C@H]1CN1CCCC1)CCCCC2. The van der Waals surface area contributed by atoms with Crippen molar-refractivity contribution in [2.24, 2.45) is 0 Å². The number of anilines is 1. The summed E-state index contributed by atoms with van der Waals surface area (Å²) < 4.78 is 0.954. The van der Waals surface area contributed by atoms with Gasteiger partial charge in [0.05, 0.1) is 5.57 Å². The van der Waals surface area contributed by atoms with Crippen LogP contribution in [0.25, 0.3) is 11.6 Å². The molecule has 2 fully saturated rings. The highest BCUT2D eigenvalue weighted by Gasteiger charge is 2.31. The van der Waals surface area contributed by atoms with Gasteiger partial charge in [-0.05, 0) is 106 Å². The van der Waals surface area contributed by atoms with Gasteiger partial charge in [0.1, 0.15) is 0 Å². The van der Waals surface area contributed by atoms with Crippen LogP contribution in [0.1, 0.15) is 79.4 Å². The quantitative estimate of drug-likeness (QED) is 0.356. The zero-order chi connectivity index (χ0) is 25.4. The Morgan fingerprint density at radius 1 is 1.05 bits per heavy atom. The predicted molar refractivity (Wildman–Crippen MR) is 151 cm³/mol. The van der Waals surface area contributed by atoms with Crippen LogP contribution in [-0.4, -0.2) is 58.8 Å². The molecule has 2 saturated heterocycles. The van der Waals surface area contributed by atoms with Crippen molar-refractivity contribution in [3.63, 3.8) is 0 Å². The Kier molecular flexibility index (Phi) is 7.26. The van der Waals surface area contributed by atoms with Crippen molar-refractivity contribution in [3.8, 4) is 0 Å². The summed E-state index contributed by atoms with van der Waals surface area (Å²) in [6, 6.07) is 6.26. The number of aromatic amines is 1. The molecule has 1 aromatic heterocycles. The van der Waals surface area contributed by atoms with Crippen LogP contribution in [0.3, 0.4) is 0 Å². The lowest BCUT2D eigenvalue weighted by Gasteiger charge is -2.28. The minimum absolute atomic E-state index is 0.0678. The molecule has 6 nitrogen and oxygen atoms in total. The molecule has 2 aromatic rings. The van der Waals surface area contributed by atoms with Gasteiger partial charge in [0.15, 0.2) is 0 Å². The van der Waals surface area contributed by atoms with Gasteiger partial charge in [-0.2, -0.15) is 0 Å². The maximum absolute atomic E-state index is 13.5. The van der Waals surface area contributed by atoms with Crippen LogP contribution >= 0.6 is 15.9 Å². The largest absolute Gasteiger partial charge is 0.358 e. The number of H-pyrrole nitrogens is 1. The summed E-state index contributed by atoms with van der Waals surface area (Å²) in [6.07, 6.45) is 13.8. The van der Waals surface area contributed by atoms with E-state index in [0.717, 1.165) is 66.6 Å². The van der Waals surface area contributed by atoms with Gasteiger partial charge in [0, 0.05) is 52.7 Å². The Morgan fingerprint density at radius 3 is 2.76 bits per heavy atom. The second-order valence-electron chi connectivity index (χ2n) is 11.1. The van der Waals surface area contributed by atoms with Crippen molar-refractivity contribution in [2.45, 2.75) is 76.7 Å². The number of halogens is 1. The zero-order valence-corrected chi connectivity index (χ0v) is 23.2. The number of benzene rings is 1. The lowest BCUT2D eigenvalue weighted by atomic mass is 9.97. The third-order valence-electron chi connectivity index (χ3n) is 8.70. The fourth-order valence-electron chi connectivity index (χ4n) is 6.80. The molecule has 7 heteroatoms. The van der Waals surface area contributed by atoms with Crippen molar-refractivity contribution < 1.29 is 9.59 Å². The molecule has 3 aliphatic heterocycles. The number of likely N-dealkylation sites (tertiary alicyclic amines) is 2. The van der Waals surface area contributed by atoms with Gasteiger partial charge < -0.3 is 20.1 Å². The molecule has 2 amide bonds. The lowest BCUT2D eigenvalue weighted by Crippen LogP contribution is -2.42. The van der Waals surface area contributed by atoms with Crippen LogP contribution < -0.4 is 5.32 Å². The topological polar surface area (TPSA) is 68.4 Å². The molecule has 37 heavy (non-hydrogen) atoms. The Balaban J connectivity index is 1.25. The van der Waals surface area contributed by atoms with E-state index in [2.05, 4.69) is 36.0 Å². The normalized spacial score (nSPS) is 22.8. The highest BCUT2D eigenvalue weighted by atomic mass is 79.9. The summed E-state index contributed by atoms with van der Waals surface area (Å²) in [4.78, 5) is 34.8. The molecule has 0 saturated carbocycles. The molecule has 1 aliphatic carbocycles. The van der Waals surface area contributed by atoms with Crippen molar-refractivity contribution in [1.29, 1.82) is 0 Å². The summed E-state index contributed by atoms with van der Waals surface area (Å²) in [5, 5.41) is 3.00. The average Bonchev–Trinajstić information content (AvgIpc) is 3.65. The third-order valence-corrected chi connectivity index (χ3v) is 9.19. The summed E-state index contributed by atoms with van der Waals surface area (Å²) in [5.74, 6) is 0.221. The number of nitrogens with one attached hydrogen (secondary N) is 2. The number of aryl methyl sites for hydroxylation is 1. The van der Waals surface area contributed by atoms with Crippen LogP contribution in [0.15, 0.2) is 22.7 Å². The number of fused-ring (bicyclic) bond motifs is 2. The molecule has 2 N–H and O–H groups in total. The van der Waals surface area contributed by atoms with E-state index < -0.39 is 0 Å². The molecule has 4 heterocycles. The minimum Gasteiger partial charge on any atom is -0.358 e. The molecular formula is C30H37BrN4O2. The van der Waals surface area contributed by atoms with E-state index in [1.165, 1.54) is 62.0 Å². The lowest BCUT2D eigenvalue weighted by molar-refractivity contribution is -0.132. The second kappa shape index (κ2) is 10.8. The average molecular weight is 566 g/mol. The Morgan fingerprint density at radius 2 is 1.89 bits per heavy atom. The van der Waals surface area contributed by atoms with E-state index in [1.54, 1.807) is 0 Å². The molecule has 1 atom stereocenters. The molecule has 0 spiro atoms. The van der Waals surface area contributed by atoms with Gasteiger partial charge >= 0.3 is 0 Å². The summed E-state index contributed by atoms with van der Waals surface area (Å²) in [6.45, 7) is 4.29. The van der Waals surface area contributed by atoms with E-state index in [9.17, 15) is 9.59 Å². The summed E-state index contributed by atoms with van der Waals surface area (Å²) in [7, 11) is 0. The first-order valence-corrected chi connectivity index (χ1v) is 14.9. The van der Waals surface area contributed by atoms with Gasteiger partial charge in [0.25, 0.3) is 5.91 Å². The van der Waals surface area contributed by atoms with E-state index >= 15 is 0 Å². The maximum atomic E-state index is 13.5. The van der Waals surface area contributed by atoms with Crippen LogP contribution in [0.2, 0.25) is 0 Å². The van der Waals surface area contributed by atoms with E-state index in [-0.39, 0.29) is 11.8 Å². The van der Waals surface area contributed by atoms with Crippen LogP contribution in [0, 0.1) is 0 Å². The smallest absolute Gasteiger partial charge is 0.256 e. The second-order valence-corrected chi connectivity index (χ2v) is 12.0. The molecule has 0 bridgehead atoms. The van der Waals surface area contributed by atoms with E-state index in [4.69, 9.17) is 0 Å². The van der Waals surface area contributed by atoms with Crippen molar-refractivity contribution in [2.75, 3.05) is 31.5 Å². The van der Waals surface area contributed by atoms with E-state index in [1.807, 2.05) is 24.3 Å². The number of carbonyl (C=O) groups is 2. The molecule has 6 rings (SSSR count). The van der Waals surface area contributed by atoms with Gasteiger partial charge in [-0.25, -0.2) is 0 Å². The number of hydrogen-bond donors (Lipinski definition) is 2. The number of hydrogen-bond acceptors (Lipinski definition) is 3. The Hall–Kier alpha value is -2.38. The molecule has 0 radical (unpaired) electrons. The first-order valence-electron chi connectivity index (χ1n) is 14.1. The minimum atomic E-state index is -0.0678. The predicted octanol–water partition coefficient (Wildman–Crippen LogP) is 5.56. The summed E-state index contributed by atoms with van der Waals surface area (Å²) in [5.41, 5.74) is 7.39. The van der Waals surface area contributed by atoms with Gasteiger partial charge in [-0.1, -0.05) is 22.4 Å². The Bertz CT molecular complexity index is 1230. The molecule has 1 aromatic carbocycles. The van der Waals surface area contributed by atoms with Gasteiger partial charge in [-0.15, -0.1) is 0 Å². The molecule has 0 unspecified atom stereocenters. The van der Waals surface area contributed by atoms with Crippen molar-refractivity contribution in [3.05, 3.63) is 50.8 Å². The number of nitrogens with zero attached hydrogens (tertiary/aromatic N) is 2. The molecule has 4 aliphatic rings. The Labute approximate surface area is 228 Å². The zero-order valence-electron chi connectivity index (χ0n) is 21.6.